The molecule has 2 rings (SSSR count). The molecule has 1 amide bonds. The molecule has 5 heteroatoms. The van der Waals surface area contributed by atoms with Crippen LogP contribution in [0.25, 0.3) is 0 Å². The lowest BCUT2D eigenvalue weighted by Crippen LogP contribution is -2.23. The Kier molecular flexibility index (Phi) is 6.02. The van der Waals surface area contributed by atoms with Crippen molar-refractivity contribution in [3.63, 3.8) is 0 Å². The van der Waals surface area contributed by atoms with E-state index < -0.39 is 0 Å². The molecule has 21 heavy (non-hydrogen) atoms. The predicted molar refractivity (Wildman–Crippen MR) is 85.0 cm³/mol. The van der Waals surface area contributed by atoms with Gasteiger partial charge in [0.2, 0.25) is 5.91 Å². The van der Waals surface area contributed by atoms with E-state index in [1.54, 1.807) is 6.07 Å². The van der Waals surface area contributed by atoms with Crippen molar-refractivity contribution >= 4 is 17.3 Å². The van der Waals surface area contributed by atoms with E-state index in [2.05, 4.69) is 10.2 Å². The van der Waals surface area contributed by atoms with Gasteiger partial charge in [0.05, 0.1) is 11.4 Å². The van der Waals surface area contributed by atoms with Crippen LogP contribution < -0.4 is 11.1 Å². The number of nitrogens with one attached hydrogen (secondary N) is 1. The number of rotatable bonds is 7. The monoisotopic (exact) mass is 291 g/mol. The molecular weight excluding hydrogens is 266 g/mol. The van der Waals surface area contributed by atoms with Crippen molar-refractivity contribution in [1.29, 1.82) is 0 Å². The van der Waals surface area contributed by atoms with Crippen molar-refractivity contribution in [2.75, 3.05) is 37.3 Å². The number of hydrogen-bond donors (Lipinski definition) is 3. The summed E-state index contributed by atoms with van der Waals surface area (Å²) in [5.74, 6) is 0.631. The van der Waals surface area contributed by atoms with Gasteiger partial charge in [0.25, 0.3) is 0 Å². The molecule has 116 valence electrons. The van der Waals surface area contributed by atoms with Crippen molar-refractivity contribution in [1.82, 2.24) is 4.90 Å². The van der Waals surface area contributed by atoms with Crippen LogP contribution in [0, 0.1) is 5.92 Å². The Hall–Kier alpha value is -1.59. The molecule has 1 aromatic carbocycles. The van der Waals surface area contributed by atoms with E-state index in [9.17, 15) is 4.79 Å². The molecular formula is C16H25N3O2. The maximum Gasteiger partial charge on any atom is 0.224 e. The number of aliphatic hydroxyl groups is 1. The summed E-state index contributed by atoms with van der Waals surface area (Å²) in [5.41, 5.74) is 7.08. The molecule has 0 aliphatic carbocycles. The highest BCUT2D eigenvalue weighted by Gasteiger charge is 2.21. The van der Waals surface area contributed by atoms with E-state index in [4.69, 9.17) is 10.8 Å². The minimum Gasteiger partial charge on any atom is -0.397 e. The van der Waals surface area contributed by atoms with Gasteiger partial charge in [-0.1, -0.05) is 12.1 Å². The third-order valence-corrected chi connectivity index (χ3v) is 4.02. The van der Waals surface area contributed by atoms with Crippen molar-refractivity contribution in [3.05, 3.63) is 24.3 Å². The maximum atomic E-state index is 11.9. The first kappa shape index (κ1) is 15.8. The Morgan fingerprint density at radius 3 is 3.00 bits per heavy atom. The molecule has 4 N–H and O–H groups in total. The van der Waals surface area contributed by atoms with Gasteiger partial charge in [0.1, 0.15) is 0 Å². The lowest BCUT2D eigenvalue weighted by molar-refractivity contribution is -0.116. The van der Waals surface area contributed by atoms with Crippen LogP contribution >= 0.6 is 0 Å². The van der Waals surface area contributed by atoms with Crippen LogP contribution in [0.1, 0.15) is 25.7 Å². The Balaban J connectivity index is 1.65. The lowest BCUT2D eigenvalue weighted by Gasteiger charge is -2.15. The van der Waals surface area contributed by atoms with Gasteiger partial charge < -0.3 is 21.1 Å². The number of carbonyl (C=O) groups excluding carboxylic acids is 1. The largest absolute Gasteiger partial charge is 0.397 e. The van der Waals surface area contributed by atoms with Gasteiger partial charge in [0, 0.05) is 19.6 Å². The number of para-hydroxylation sites is 2. The number of likely N-dealkylation sites (tertiary alicyclic amines) is 1. The molecule has 1 atom stereocenters. The van der Waals surface area contributed by atoms with Crippen molar-refractivity contribution in [2.45, 2.75) is 25.7 Å². The van der Waals surface area contributed by atoms with E-state index in [1.165, 1.54) is 0 Å². The fourth-order valence-corrected chi connectivity index (χ4v) is 2.82. The van der Waals surface area contributed by atoms with Crippen LogP contribution in [0.5, 0.6) is 0 Å². The zero-order valence-electron chi connectivity index (χ0n) is 12.4. The number of nitrogens with zero attached hydrogens (tertiary/aromatic N) is 1. The SMILES string of the molecule is Nc1ccccc1NC(=O)CCCN1CCC(CCO)C1. The molecule has 1 heterocycles. The van der Waals surface area contributed by atoms with Crippen LogP contribution in [0.2, 0.25) is 0 Å². The highest BCUT2D eigenvalue weighted by atomic mass is 16.3. The quantitative estimate of drug-likeness (QED) is 0.668. The summed E-state index contributed by atoms with van der Waals surface area (Å²) in [6, 6.07) is 7.30. The number of anilines is 2. The number of aliphatic hydroxyl groups excluding tert-OH is 1. The highest BCUT2D eigenvalue weighted by molar-refractivity contribution is 5.93. The molecule has 1 saturated heterocycles. The second-order valence-electron chi connectivity index (χ2n) is 5.71. The van der Waals surface area contributed by atoms with Gasteiger partial charge >= 0.3 is 0 Å². The summed E-state index contributed by atoms with van der Waals surface area (Å²) in [6.07, 6.45) is 3.41. The number of amides is 1. The summed E-state index contributed by atoms with van der Waals surface area (Å²) in [5, 5.41) is 11.8. The first-order chi connectivity index (χ1) is 10.2. The normalized spacial score (nSPS) is 18.8. The van der Waals surface area contributed by atoms with Crippen LogP contribution in [-0.2, 0) is 4.79 Å². The summed E-state index contributed by atoms with van der Waals surface area (Å²) < 4.78 is 0. The third-order valence-electron chi connectivity index (χ3n) is 4.02. The van der Waals surface area contributed by atoms with Crippen molar-refractivity contribution < 1.29 is 9.90 Å². The smallest absolute Gasteiger partial charge is 0.224 e. The second-order valence-corrected chi connectivity index (χ2v) is 5.71. The van der Waals surface area contributed by atoms with Gasteiger partial charge in [-0.25, -0.2) is 0 Å². The zero-order chi connectivity index (χ0) is 15.1. The number of hydrogen-bond acceptors (Lipinski definition) is 4. The number of nitrogen functional groups attached to an aromatic ring is 1. The van der Waals surface area contributed by atoms with E-state index in [0.717, 1.165) is 38.9 Å². The van der Waals surface area contributed by atoms with Gasteiger partial charge in [-0.2, -0.15) is 0 Å². The third kappa shape index (κ3) is 5.02. The molecule has 1 aliphatic heterocycles. The van der Waals surface area contributed by atoms with Crippen LogP contribution in [-0.4, -0.2) is 42.2 Å². The van der Waals surface area contributed by atoms with Gasteiger partial charge in [-0.3, -0.25) is 4.79 Å². The Morgan fingerprint density at radius 2 is 2.24 bits per heavy atom. The van der Waals surface area contributed by atoms with E-state index >= 15 is 0 Å². The van der Waals surface area contributed by atoms with E-state index in [1.807, 2.05) is 18.2 Å². The van der Waals surface area contributed by atoms with E-state index in [-0.39, 0.29) is 12.5 Å². The van der Waals surface area contributed by atoms with Crippen LogP contribution in [0.4, 0.5) is 11.4 Å². The molecule has 0 saturated carbocycles. The van der Waals surface area contributed by atoms with Gasteiger partial charge in [-0.15, -0.1) is 0 Å². The minimum absolute atomic E-state index is 0.0130. The molecule has 0 radical (unpaired) electrons. The fourth-order valence-electron chi connectivity index (χ4n) is 2.82. The maximum absolute atomic E-state index is 11.9. The van der Waals surface area contributed by atoms with Crippen LogP contribution in [0.3, 0.4) is 0 Å². The average Bonchev–Trinajstić information content (AvgIpc) is 2.89. The average molecular weight is 291 g/mol. The van der Waals surface area contributed by atoms with Crippen molar-refractivity contribution in [3.8, 4) is 0 Å². The summed E-state index contributed by atoms with van der Waals surface area (Å²) in [4.78, 5) is 14.3. The molecule has 1 fully saturated rings. The Bertz CT molecular complexity index is 465. The van der Waals surface area contributed by atoms with Crippen LogP contribution in [0.15, 0.2) is 24.3 Å². The first-order valence-electron chi connectivity index (χ1n) is 7.66. The second kappa shape index (κ2) is 8.00. The van der Waals surface area contributed by atoms with Gasteiger partial charge in [-0.05, 0) is 50.4 Å². The standard InChI is InChI=1S/C16H25N3O2/c17-14-4-1-2-5-15(14)18-16(21)6-3-9-19-10-7-13(12-19)8-11-20/h1-2,4-5,13,20H,3,6-12,17H2,(H,18,21). The topological polar surface area (TPSA) is 78.6 Å². The Labute approximate surface area is 126 Å². The minimum atomic E-state index is 0.0130. The first-order valence-corrected chi connectivity index (χ1v) is 7.66. The van der Waals surface area contributed by atoms with E-state index in [0.29, 0.717) is 23.7 Å². The highest BCUT2D eigenvalue weighted by Crippen LogP contribution is 2.20. The number of carbonyl (C=O) groups is 1. The molecule has 0 aromatic heterocycles. The summed E-state index contributed by atoms with van der Waals surface area (Å²) in [7, 11) is 0. The fraction of sp³-hybridized carbons (Fsp3) is 0.562. The number of benzene rings is 1. The number of nitrogens with two attached hydrogens (primary N) is 1. The lowest BCUT2D eigenvalue weighted by atomic mass is 10.1. The molecule has 0 bridgehead atoms. The molecule has 5 nitrogen and oxygen atoms in total. The predicted octanol–water partition coefficient (Wildman–Crippen LogP) is 1.69. The molecule has 1 unspecified atom stereocenters. The van der Waals surface area contributed by atoms with Crippen molar-refractivity contribution in [2.24, 2.45) is 5.92 Å². The molecule has 1 aromatic rings. The summed E-state index contributed by atoms with van der Waals surface area (Å²) in [6.45, 7) is 3.35. The zero-order valence-corrected chi connectivity index (χ0v) is 12.4. The molecule has 0 spiro atoms. The Morgan fingerprint density at radius 1 is 1.43 bits per heavy atom. The van der Waals surface area contributed by atoms with Gasteiger partial charge in [0.15, 0.2) is 0 Å². The molecule has 1 aliphatic rings. The summed E-state index contributed by atoms with van der Waals surface area (Å²) >= 11 is 0.